The molecule has 104 valence electrons. The number of carbonyl (C=O) groups is 1. The predicted octanol–water partition coefficient (Wildman–Crippen LogP) is 2.44. The highest BCUT2D eigenvalue weighted by atomic mass is 127. The van der Waals surface area contributed by atoms with Crippen molar-refractivity contribution in [1.82, 2.24) is 4.90 Å². The van der Waals surface area contributed by atoms with E-state index in [0.29, 0.717) is 14.9 Å². The molecular formula is C13H17FIN3O. The Morgan fingerprint density at radius 2 is 2.05 bits per heavy atom. The van der Waals surface area contributed by atoms with E-state index in [1.807, 2.05) is 27.5 Å². The minimum absolute atomic E-state index is 0.0399. The van der Waals surface area contributed by atoms with Crippen LogP contribution in [-0.4, -0.2) is 30.4 Å². The van der Waals surface area contributed by atoms with Crippen LogP contribution in [-0.2, 0) is 4.79 Å². The summed E-state index contributed by atoms with van der Waals surface area (Å²) >= 11 is 1.89. The average molecular weight is 377 g/mol. The van der Waals surface area contributed by atoms with Gasteiger partial charge in [0, 0.05) is 19.2 Å². The number of likely N-dealkylation sites (tertiary alicyclic amines) is 1. The van der Waals surface area contributed by atoms with E-state index in [1.54, 1.807) is 6.07 Å². The van der Waals surface area contributed by atoms with Crippen molar-refractivity contribution in [2.24, 2.45) is 0 Å². The third kappa shape index (κ3) is 3.71. The second kappa shape index (κ2) is 6.40. The Morgan fingerprint density at radius 1 is 1.37 bits per heavy atom. The summed E-state index contributed by atoms with van der Waals surface area (Å²) in [6, 6.07) is 2.89. The van der Waals surface area contributed by atoms with Crippen molar-refractivity contribution in [3.05, 3.63) is 21.5 Å². The lowest BCUT2D eigenvalue weighted by Crippen LogP contribution is -2.39. The molecule has 3 N–H and O–H groups in total. The molecular weight excluding hydrogens is 360 g/mol. The molecule has 0 saturated carbocycles. The number of carbonyl (C=O) groups excluding carboxylic acids is 1. The minimum atomic E-state index is -0.331. The van der Waals surface area contributed by atoms with Crippen molar-refractivity contribution in [1.29, 1.82) is 0 Å². The Labute approximate surface area is 125 Å². The molecule has 1 saturated heterocycles. The first kappa shape index (κ1) is 14.4. The molecule has 2 rings (SSSR count). The molecule has 1 amide bonds. The quantitative estimate of drug-likeness (QED) is 0.629. The lowest BCUT2D eigenvalue weighted by molar-refractivity contribution is -0.130. The molecule has 1 aliphatic heterocycles. The fraction of sp³-hybridized carbons (Fsp3) is 0.462. The highest BCUT2D eigenvalue weighted by Crippen LogP contribution is 2.24. The Bertz CT molecular complexity index is 475. The summed E-state index contributed by atoms with van der Waals surface area (Å²) in [5, 5.41) is 2.92. The molecule has 0 atom stereocenters. The van der Waals surface area contributed by atoms with Crippen molar-refractivity contribution in [2.45, 2.75) is 19.3 Å². The Kier molecular flexibility index (Phi) is 4.84. The van der Waals surface area contributed by atoms with Crippen LogP contribution in [0.4, 0.5) is 15.8 Å². The van der Waals surface area contributed by atoms with Crippen LogP contribution in [0.2, 0.25) is 0 Å². The normalized spacial score (nSPS) is 15.4. The first-order valence-corrected chi connectivity index (χ1v) is 7.42. The van der Waals surface area contributed by atoms with Crippen LogP contribution in [0.5, 0.6) is 0 Å². The maximum absolute atomic E-state index is 13.4. The highest BCUT2D eigenvalue weighted by molar-refractivity contribution is 14.1. The molecule has 1 aromatic rings. The number of nitrogens with zero attached hydrogens (tertiary/aromatic N) is 1. The molecule has 1 fully saturated rings. The minimum Gasteiger partial charge on any atom is -0.397 e. The van der Waals surface area contributed by atoms with Gasteiger partial charge in [0.1, 0.15) is 5.82 Å². The van der Waals surface area contributed by atoms with Gasteiger partial charge in [-0.3, -0.25) is 4.79 Å². The Balaban J connectivity index is 1.94. The fourth-order valence-electron chi connectivity index (χ4n) is 2.14. The van der Waals surface area contributed by atoms with Crippen LogP contribution in [0.3, 0.4) is 0 Å². The molecule has 0 radical (unpaired) electrons. The molecule has 6 heteroatoms. The van der Waals surface area contributed by atoms with Gasteiger partial charge >= 0.3 is 0 Å². The zero-order valence-corrected chi connectivity index (χ0v) is 12.7. The van der Waals surface area contributed by atoms with E-state index in [4.69, 9.17) is 5.73 Å². The first-order chi connectivity index (χ1) is 9.08. The van der Waals surface area contributed by atoms with Crippen molar-refractivity contribution >= 4 is 39.9 Å². The van der Waals surface area contributed by atoms with Gasteiger partial charge in [0.25, 0.3) is 0 Å². The molecule has 1 heterocycles. The van der Waals surface area contributed by atoms with E-state index in [0.717, 1.165) is 25.9 Å². The number of nitrogens with two attached hydrogens (primary N) is 1. The summed E-state index contributed by atoms with van der Waals surface area (Å²) in [6.45, 7) is 1.79. The molecule has 0 bridgehead atoms. The summed E-state index contributed by atoms with van der Waals surface area (Å²) in [5.74, 6) is -0.291. The van der Waals surface area contributed by atoms with E-state index in [-0.39, 0.29) is 18.3 Å². The second-order valence-corrected chi connectivity index (χ2v) is 5.81. The van der Waals surface area contributed by atoms with Gasteiger partial charge in [0.2, 0.25) is 5.91 Å². The van der Waals surface area contributed by atoms with Crippen molar-refractivity contribution in [2.75, 3.05) is 30.7 Å². The maximum atomic E-state index is 13.4. The highest BCUT2D eigenvalue weighted by Gasteiger charge is 2.16. The van der Waals surface area contributed by atoms with E-state index in [2.05, 4.69) is 5.32 Å². The average Bonchev–Trinajstić information content (AvgIpc) is 2.42. The number of rotatable bonds is 3. The molecule has 0 aromatic heterocycles. The number of nitrogen functional groups attached to an aromatic ring is 1. The Morgan fingerprint density at radius 3 is 2.74 bits per heavy atom. The molecule has 4 nitrogen and oxygen atoms in total. The molecule has 0 unspecified atom stereocenters. The van der Waals surface area contributed by atoms with Crippen molar-refractivity contribution in [3.8, 4) is 0 Å². The summed E-state index contributed by atoms with van der Waals surface area (Å²) in [7, 11) is 0. The van der Waals surface area contributed by atoms with E-state index >= 15 is 0 Å². The number of benzene rings is 1. The zero-order chi connectivity index (χ0) is 13.8. The third-order valence-electron chi connectivity index (χ3n) is 3.23. The van der Waals surface area contributed by atoms with E-state index in [9.17, 15) is 9.18 Å². The number of hydrogen-bond acceptors (Lipinski definition) is 3. The molecule has 0 aliphatic carbocycles. The van der Waals surface area contributed by atoms with Crippen LogP contribution < -0.4 is 11.1 Å². The summed E-state index contributed by atoms with van der Waals surface area (Å²) in [5.41, 5.74) is 6.73. The largest absolute Gasteiger partial charge is 0.397 e. The van der Waals surface area contributed by atoms with Gasteiger partial charge in [-0.15, -0.1) is 0 Å². The molecule has 1 aromatic carbocycles. The topological polar surface area (TPSA) is 58.4 Å². The van der Waals surface area contributed by atoms with Gasteiger partial charge < -0.3 is 16.0 Å². The Hall–Kier alpha value is -1.05. The number of halogens is 2. The van der Waals surface area contributed by atoms with Crippen LogP contribution in [0.25, 0.3) is 0 Å². The van der Waals surface area contributed by atoms with Crippen LogP contribution in [0.15, 0.2) is 12.1 Å². The van der Waals surface area contributed by atoms with Crippen LogP contribution in [0.1, 0.15) is 19.3 Å². The van der Waals surface area contributed by atoms with Gasteiger partial charge in [-0.05, 0) is 47.9 Å². The number of anilines is 2. The summed E-state index contributed by atoms with van der Waals surface area (Å²) in [4.78, 5) is 13.8. The van der Waals surface area contributed by atoms with Gasteiger partial charge in [0.15, 0.2) is 0 Å². The number of amides is 1. The number of nitrogens with one attached hydrogen (secondary N) is 1. The maximum Gasteiger partial charge on any atom is 0.241 e. The summed E-state index contributed by atoms with van der Waals surface area (Å²) < 4.78 is 13.9. The van der Waals surface area contributed by atoms with Gasteiger partial charge in [-0.1, -0.05) is 0 Å². The van der Waals surface area contributed by atoms with Crippen molar-refractivity contribution < 1.29 is 9.18 Å². The van der Waals surface area contributed by atoms with Gasteiger partial charge in [-0.2, -0.15) is 0 Å². The first-order valence-electron chi connectivity index (χ1n) is 6.34. The number of piperidine rings is 1. The van der Waals surface area contributed by atoms with Gasteiger partial charge in [0.05, 0.1) is 21.5 Å². The molecule has 19 heavy (non-hydrogen) atoms. The van der Waals surface area contributed by atoms with Gasteiger partial charge in [-0.25, -0.2) is 4.39 Å². The molecule has 1 aliphatic rings. The summed E-state index contributed by atoms with van der Waals surface area (Å²) in [6.07, 6.45) is 3.31. The van der Waals surface area contributed by atoms with Crippen LogP contribution >= 0.6 is 22.6 Å². The predicted molar refractivity (Wildman–Crippen MR) is 82.5 cm³/mol. The monoisotopic (exact) mass is 377 g/mol. The SMILES string of the molecule is Nc1cc(I)c(F)cc1NCC(=O)N1CCCCC1. The lowest BCUT2D eigenvalue weighted by atomic mass is 10.1. The van der Waals surface area contributed by atoms with Crippen molar-refractivity contribution in [3.63, 3.8) is 0 Å². The number of hydrogen-bond donors (Lipinski definition) is 2. The third-order valence-corrected chi connectivity index (χ3v) is 4.06. The lowest BCUT2D eigenvalue weighted by Gasteiger charge is -2.27. The zero-order valence-electron chi connectivity index (χ0n) is 10.6. The van der Waals surface area contributed by atoms with Crippen LogP contribution in [0, 0.1) is 9.39 Å². The van der Waals surface area contributed by atoms with E-state index in [1.165, 1.54) is 12.5 Å². The second-order valence-electron chi connectivity index (χ2n) is 4.65. The standard InChI is InChI=1S/C13H17FIN3O/c14-9-6-12(11(16)7-10(9)15)17-8-13(19)18-4-2-1-3-5-18/h6-7,17H,1-5,8,16H2. The smallest absolute Gasteiger partial charge is 0.241 e. The van der Waals surface area contributed by atoms with E-state index < -0.39 is 0 Å². The molecule has 0 spiro atoms. The fourth-order valence-corrected chi connectivity index (χ4v) is 2.63.